The van der Waals surface area contributed by atoms with E-state index in [1.807, 2.05) is 30.3 Å². The van der Waals surface area contributed by atoms with Crippen molar-refractivity contribution in [2.75, 3.05) is 52.6 Å². The van der Waals surface area contributed by atoms with E-state index in [9.17, 15) is 24.0 Å². The van der Waals surface area contributed by atoms with E-state index >= 15 is 0 Å². The maximum atomic E-state index is 12.2. The van der Waals surface area contributed by atoms with Gasteiger partial charge < -0.3 is 49.7 Å². The molecule has 0 bridgehead atoms. The number of alkyl carbamates (subject to hydrolysis) is 3. The molecule has 270 valence electrons. The first-order chi connectivity index (χ1) is 23.5. The fourth-order valence-corrected chi connectivity index (χ4v) is 3.74. The van der Waals surface area contributed by atoms with Crippen molar-refractivity contribution in [1.29, 1.82) is 0 Å². The molecule has 0 aliphatic carbocycles. The lowest BCUT2D eigenvalue weighted by Crippen LogP contribution is -2.34. The molecule has 2 aromatic carbocycles. The number of esters is 1. The average molecular weight is 689 g/mol. The zero-order chi connectivity index (χ0) is 35.7. The molecule has 4 N–H and O–H groups in total. The van der Waals surface area contributed by atoms with Gasteiger partial charge in [0.05, 0.1) is 32.8 Å². The highest BCUT2D eigenvalue weighted by molar-refractivity contribution is 5.76. The fourth-order valence-electron chi connectivity index (χ4n) is 3.74. The predicted molar refractivity (Wildman–Crippen MR) is 178 cm³/mol. The molecular formula is C34H48N4O11. The molecule has 0 heterocycles. The lowest BCUT2D eigenvalue weighted by atomic mass is 10.2. The highest BCUT2D eigenvalue weighted by atomic mass is 16.6. The van der Waals surface area contributed by atoms with Crippen LogP contribution in [0.2, 0.25) is 0 Å². The Morgan fingerprint density at radius 2 is 1.18 bits per heavy atom. The summed E-state index contributed by atoms with van der Waals surface area (Å²) in [6.07, 6.45) is -0.996. The summed E-state index contributed by atoms with van der Waals surface area (Å²) in [4.78, 5) is 59.3. The minimum atomic E-state index is -0.653. The molecule has 2 rings (SSSR count). The third-order valence-electron chi connectivity index (χ3n) is 6.01. The number of rotatable bonds is 21. The molecule has 0 fully saturated rings. The van der Waals surface area contributed by atoms with Gasteiger partial charge in [-0.2, -0.15) is 0 Å². The van der Waals surface area contributed by atoms with Crippen LogP contribution in [-0.4, -0.2) is 88.4 Å². The second kappa shape index (κ2) is 23.4. The molecule has 0 aliphatic rings. The highest BCUT2D eigenvalue weighted by Gasteiger charge is 2.15. The largest absolute Gasteiger partial charge is 0.445 e. The van der Waals surface area contributed by atoms with E-state index in [0.717, 1.165) is 5.56 Å². The van der Waals surface area contributed by atoms with E-state index in [1.165, 1.54) is 0 Å². The SMILES string of the molecule is CC(C)(C)OC(=O)NCCCNC(=O)CCOCCNC(=O)OCc1cccc(OC(=O)CCOCCNC(=O)OCc2ccccc2)c1. The fraction of sp³-hybridized carbons (Fsp3) is 0.500. The van der Waals surface area contributed by atoms with Gasteiger partial charge in [-0.05, 0) is 50.5 Å². The standard InChI is InChI=1S/C34H48N4O11/c1-34(2,3)49-33(43)36-16-8-15-35-29(39)13-19-44-21-17-38-32(42)47-25-27-11-7-12-28(23-27)48-30(40)14-20-45-22-18-37-31(41)46-24-26-9-5-4-6-10-26/h4-7,9-12,23H,8,13-22,24-25H2,1-3H3,(H,35,39)(H,36,43)(H,37,41)(H,38,42). The molecular weight excluding hydrogens is 640 g/mol. The first-order valence-corrected chi connectivity index (χ1v) is 16.0. The number of benzene rings is 2. The number of ether oxygens (including phenoxy) is 6. The Bertz CT molecular complexity index is 1300. The molecule has 15 heteroatoms. The minimum Gasteiger partial charge on any atom is -0.445 e. The third-order valence-corrected chi connectivity index (χ3v) is 6.01. The number of hydrogen-bond donors (Lipinski definition) is 4. The number of amides is 4. The van der Waals surface area contributed by atoms with Crippen molar-refractivity contribution in [1.82, 2.24) is 21.3 Å². The van der Waals surface area contributed by atoms with Crippen molar-refractivity contribution in [2.24, 2.45) is 0 Å². The Morgan fingerprint density at radius 3 is 1.84 bits per heavy atom. The van der Waals surface area contributed by atoms with E-state index in [4.69, 9.17) is 28.4 Å². The van der Waals surface area contributed by atoms with Crippen LogP contribution in [0, 0.1) is 0 Å². The summed E-state index contributed by atoms with van der Waals surface area (Å²) in [5.41, 5.74) is 0.932. The van der Waals surface area contributed by atoms with Crippen LogP contribution < -0.4 is 26.0 Å². The smallest absolute Gasteiger partial charge is 0.407 e. The van der Waals surface area contributed by atoms with E-state index < -0.39 is 29.9 Å². The second-order valence-corrected chi connectivity index (χ2v) is 11.5. The molecule has 0 aliphatic heterocycles. The van der Waals surface area contributed by atoms with Gasteiger partial charge in [-0.3, -0.25) is 9.59 Å². The third kappa shape index (κ3) is 21.6. The Kier molecular flexibility index (Phi) is 19.3. The lowest BCUT2D eigenvalue weighted by molar-refractivity contribution is -0.135. The second-order valence-electron chi connectivity index (χ2n) is 11.5. The van der Waals surface area contributed by atoms with E-state index in [0.29, 0.717) is 30.8 Å². The van der Waals surface area contributed by atoms with Gasteiger partial charge >= 0.3 is 24.2 Å². The summed E-state index contributed by atoms with van der Waals surface area (Å²) >= 11 is 0. The van der Waals surface area contributed by atoms with Gasteiger partial charge in [-0.25, -0.2) is 14.4 Å². The molecule has 2 aromatic rings. The molecule has 0 spiro atoms. The van der Waals surface area contributed by atoms with Crippen molar-refractivity contribution >= 4 is 30.2 Å². The maximum absolute atomic E-state index is 12.2. The van der Waals surface area contributed by atoms with E-state index in [2.05, 4.69) is 21.3 Å². The maximum Gasteiger partial charge on any atom is 0.407 e. The predicted octanol–water partition coefficient (Wildman–Crippen LogP) is 3.59. The Morgan fingerprint density at radius 1 is 0.612 bits per heavy atom. The molecule has 0 saturated heterocycles. The quantitative estimate of drug-likeness (QED) is 0.0649. The zero-order valence-electron chi connectivity index (χ0n) is 28.4. The molecule has 0 unspecified atom stereocenters. The van der Waals surface area contributed by atoms with Crippen molar-refractivity contribution in [2.45, 2.75) is 58.8 Å². The van der Waals surface area contributed by atoms with Crippen LogP contribution >= 0.6 is 0 Å². The molecule has 15 nitrogen and oxygen atoms in total. The van der Waals surface area contributed by atoms with Crippen molar-refractivity contribution in [3.05, 3.63) is 65.7 Å². The van der Waals surface area contributed by atoms with Crippen LogP contribution in [0.1, 0.15) is 51.2 Å². The van der Waals surface area contributed by atoms with Gasteiger partial charge in [0.2, 0.25) is 5.91 Å². The molecule has 0 radical (unpaired) electrons. The number of hydrogen-bond acceptors (Lipinski definition) is 11. The number of nitrogens with one attached hydrogen (secondary N) is 4. The normalized spacial score (nSPS) is 10.8. The number of carbonyl (C=O) groups is 5. The Hall–Kier alpha value is -4.89. The molecule has 0 aromatic heterocycles. The molecule has 0 saturated carbocycles. The van der Waals surface area contributed by atoms with Gasteiger partial charge in [0.25, 0.3) is 0 Å². The van der Waals surface area contributed by atoms with Gasteiger partial charge in [0.15, 0.2) is 0 Å². The molecule has 49 heavy (non-hydrogen) atoms. The van der Waals surface area contributed by atoms with Gasteiger partial charge in [0, 0.05) is 32.6 Å². The van der Waals surface area contributed by atoms with Crippen LogP contribution in [-0.2, 0) is 46.5 Å². The first kappa shape index (κ1) is 40.3. The van der Waals surface area contributed by atoms with Crippen molar-refractivity contribution < 1.29 is 52.4 Å². The summed E-state index contributed by atoms with van der Waals surface area (Å²) in [6, 6.07) is 15.9. The van der Waals surface area contributed by atoms with Crippen LogP contribution in [0.4, 0.5) is 14.4 Å². The van der Waals surface area contributed by atoms with E-state index in [-0.39, 0.29) is 71.5 Å². The lowest BCUT2D eigenvalue weighted by Gasteiger charge is -2.19. The first-order valence-electron chi connectivity index (χ1n) is 16.0. The summed E-state index contributed by atoms with van der Waals surface area (Å²) in [5.74, 6) is -0.394. The van der Waals surface area contributed by atoms with Crippen LogP contribution in [0.15, 0.2) is 54.6 Å². The zero-order valence-corrected chi connectivity index (χ0v) is 28.4. The van der Waals surface area contributed by atoms with Gasteiger partial charge in [-0.1, -0.05) is 42.5 Å². The van der Waals surface area contributed by atoms with Crippen LogP contribution in [0.5, 0.6) is 5.75 Å². The highest BCUT2D eigenvalue weighted by Crippen LogP contribution is 2.15. The minimum absolute atomic E-state index is 0.00340. The van der Waals surface area contributed by atoms with Crippen molar-refractivity contribution in [3.8, 4) is 5.75 Å². The van der Waals surface area contributed by atoms with Crippen molar-refractivity contribution in [3.63, 3.8) is 0 Å². The number of carbonyl (C=O) groups excluding carboxylic acids is 5. The average Bonchev–Trinajstić information content (AvgIpc) is 3.05. The molecule has 0 atom stereocenters. The Labute approximate surface area is 286 Å². The van der Waals surface area contributed by atoms with Gasteiger partial charge in [-0.15, -0.1) is 0 Å². The molecule has 4 amide bonds. The van der Waals surface area contributed by atoms with Gasteiger partial charge in [0.1, 0.15) is 24.6 Å². The summed E-state index contributed by atoms with van der Waals surface area (Å²) in [5, 5.41) is 10.5. The summed E-state index contributed by atoms with van der Waals surface area (Å²) in [7, 11) is 0. The van der Waals surface area contributed by atoms with Crippen LogP contribution in [0.25, 0.3) is 0 Å². The summed E-state index contributed by atoms with van der Waals surface area (Å²) in [6.45, 7) is 7.33. The topological polar surface area (TPSA) is 189 Å². The van der Waals surface area contributed by atoms with E-state index in [1.54, 1.807) is 45.0 Å². The summed E-state index contributed by atoms with van der Waals surface area (Å²) < 4.78 is 31.5. The van der Waals surface area contributed by atoms with Crippen LogP contribution in [0.3, 0.4) is 0 Å². The monoisotopic (exact) mass is 688 g/mol. The Balaban J connectivity index is 1.45.